The number of carbonyl (C=O) groups is 2. The van der Waals surface area contributed by atoms with E-state index in [1.54, 1.807) is 44.2 Å². The van der Waals surface area contributed by atoms with Gasteiger partial charge in [0.2, 0.25) is 11.9 Å². The maximum atomic E-state index is 13.4. The molecule has 23 nitrogen and oxygen atoms in total. The molecule has 25 heteroatoms. The first-order valence-electron chi connectivity index (χ1n) is 17.2. The molecule has 296 valence electrons. The van der Waals surface area contributed by atoms with Crippen molar-refractivity contribution < 1.29 is 50.2 Å². The fourth-order valence-electron chi connectivity index (χ4n) is 6.44. The Morgan fingerprint density at radius 3 is 2.52 bits per heavy atom. The van der Waals surface area contributed by atoms with Gasteiger partial charge in [-0.05, 0) is 12.1 Å². The van der Waals surface area contributed by atoms with E-state index in [2.05, 4.69) is 45.3 Å². The van der Waals surface area contributed by atoms with Crippen LogP contribution in [0.15, 0.2) is 54.1 Å². The molecular formula is C31H34N11O12PS. The normalized spacial score (nSPS) is 28.0. The molecular weight excluding hydrogens is 781 g/mol. The fourth-order valence-corrected chi connectivity index (χ4v) is 8.35. The summed E-state index contributed by atoms with van der Waals surface area (Å²) >= 11 is 0. The van der Waals surface area contributed by atoms with E-state index in [9.17, 15) is 32.3 Å². The van der Waals surface area contributed by atoms with Crippen molar-refractivity contribution in [2.45, 2.75) is 63.6 Å². The molecule has 1 unspecified atom stereocenters. The minimum atomic E-state index is -4.84. The van der Waals surface area contributed by atoms with Gasteiger partial charge in [0.25, 0.3) is 11.5 Å². The maximum Gasteiger partial charge on any atom is 0.472 e. The molecule has 5 N–H and O–H groups in total. The number of phosphoric ester groups is 1. The topological polar surface area (TPSA) is 295 Å². The van der Waals surface area contributed by atoms with Gasteiger partial charge >= 0.3 is 18.1 Å². The number of rotatable bonds is 6. The minimum absolute atomic E-state index is 0.0631. The van der Waals surface area contributed by atoms with Crippen LogP contribution in [0.2, 0.25) is 0 Å². The maximum absolute atomic E-state index is 13.4. The van der Waals surface area contributed by atoms with Crippen molar-refractivity contribution in [3.8, 4) is 0 Å². The van der Waals surface area contributed by atoms with Crippen LogP contribution < -0.4 is 20.9 Å². The van der Waals surface area contributed by atoms with Crippen LogP contribution in [-0.4, -0.2) is 102 Å². The lowest BCUT2D eigenvalue weighted by molar-refractivity contribution is -0.118. The second-order valence-electron chi connectivity index (χ2n) is 13.3. The van der Waals surface area contributed by atoms with Gasteiger partial charge in [-0.25, -0.2) is 28.7 Å². The zero-order valence-corrected chi connectivity index (χ0v) is 31.1. The average molecular weight is 816 g/mol. The van der Waals surface area contributed by atoms with Crippen LogP contribution in [0, 0.1) is 5.92 Å². The number of H-pyrrole nitrogens is 1. The number of fused-ring (bicyclic) bond motifs is 5. The second kappa shape index (κ2) is 14.8. The van der Waals surface area contributed by atoms with Crippen molar-refractivity contribution in [3.63, 3.8) is 0 Å². The lowest BCUT2D eigenvalue weighted by Crippen LogP contribution is -2.40. The SMILES string of the molecule is CC(C)C(=O)Nc1nc2c(ncn2[C@@H]2O[C@@H]3COP(=O)(O)O[C@H]4C[C@H](n5cnc6c(NC(=O)c7ccccc7)ncnc65)O[C@@H]4CNS(=O)(=O)O[C@@H]2C3)c(=O)[nH]1. The molecule has 3 aliphatic heterocycles. The van der Waals surface area contributed by atoms with Gasteiger partial charge in [-0.15, -0.1) is 0 Å². The minimum Gasteiger partial charge on any atom is -0.351 e. The number of aromatic amines is 1. The van der Waals surface area contributed by atoms with Crippen LogP contribution in [0.5, 0.6) is 0 Å². The number of hydrogen-bond donors (Lipinski definition) is 5. The van der Waals surface area contributed by atoms with Crippen molar-refractivity contribution in [3.05, 3.63) is 65.2 Å². The summed E-state index contributed by atoms with van der Waals surface area (Å²) in [5.74, 6) is -1.33. The van der Waals surface area contributed by atoms with Crippen LogP contribution in [-0.2, 0) is 42.4 Å². The molecule has 5 aromatic rings. The summed E-state index contributed by atoms with van der Waals surface area (Å²) < 4.78 is 73.9. The number of hydrogen-bond acceptors (Lipinski definition) is 16. The third kappa shape index (κ3) is 7.70. The molecule has 3 aliphatic rings. The van der Waals surface area contributed by atoms with Crippen LogP contribution >= 0.6 is 7.82 Å². The Morgan fingerprint density at radius 1 is 0.964 bits per heavy atom. The van der Waals surface area contributed by atoms with E-state index in [1.807, 2.05) is 0 Å². The predicted octanol–water partition coefficient (Wildman–Crippen LogP) is 1.12. The molecule has 7 heterocycles. The van der Waals surface area contributed by atoms with Crippen molar-refractivity contribution in [1.82, 2.24) is 43.8 Å². The van der Waals surface area contributed by atoms with Gasteiger partial charge in [-0.2, -0.15) is 18.1 Å². The number of nitrogens with zero attached hydrogens (tertiary/aromatic N) is 7. The summed E-state index contributed by atoms with van der Waals surface area (Å²) in [4.78, 5) is 72.4. The first-order chi connectivity index (χ1) is 26.7. The zero-order chi connectivity index (χ0) is 39.4. The second-order valence-corrected chi connectivity index (χ2v) is 16.1. The highest BCUT2D eigenvalue weighted by Crippen LogP contribution is 2.49. The largest absolute Gasteiger partial charge is 0.472 e. The number of benzene rings is 1. The molecule has 0 aliphatic carbocycles. The number of aromatic nitrogens is 8. The molecule has 3 saturated heterocycles. The highest BCUT2D eigenvalue weighted by molar-refractivity contribution is 7.84. The Balaban J connectivity index is 1.03. The Kier molecular flexibility index (Phi) is 10.0. The predicted molar refractivity (Wildman–Crippen MR) is 191 cm³/mol. The van der Waals surface area contributed by atoms with Crippen LogP contribution in [0.1, 0.15) is 49.5 Å². The Bertz CT molecular complexity index is 2530. The van der Waals surface area contributed by atoms with Crippen LogP contribution in [0.25, 0.3) is 22.3 Å². The van der Waals surface area contributed by atoms with Gasteiger partial charge < -0.3 is 19.7 Å². The van der Waals surface area contributed by atoms with Crippen LogP contribution in [0.3, 0.4) is 0 Å². The Morgan fingerprint density at radius 2 is 1.73 bits per heavy atom. The smallest absolute Gasteiger partial charge is 0.351 e. The van der Waals surface area contributed by atoms with Gasteiger partial charge in [0.05, 0.1) is 25.4 Å². The summed E-state index contributed by atoms with van der Waals surface area (Å²) in [5, 5.41) is 5.22. The van der Waals surface area contributed by atoms with E-state index in [0.717, 1.165) is 0 Å². The van der Waals surface area contributed by atoms with Crippen molar-refractivity contribution in [1.29, 1.82) is 0 Å². The van der Waals surface area contributed by atoms with E-state index >= 15 is 0 Å². The number of ether oxygens (including phenoxy) is 2. The molecule has 2 bridgehead atoms. The van der Waals surface area contributed by atoms with Gasteiger partial charge in [0, 0.05) is 30.9 Å². The number of nitrogens with one attached hydrogen (secondary N) is 4. The first kappa shape index (κ1) is 37.9. The van der Waals surface area contributed by atoms with E-state index in [4.69, 9.17) is 22.7 Å². The molecule has 4 aromatic heterocycles. The highest BCUT2D eigenvalue weighted by Gasteiger charge is 2.46. The first-order valence-corrected chi connectivity index (χ1v) is 20.1. The average Bonchev–Trinajstić information content (AvgIpc) is 3.95. The van der Waals surface area contributed by atoms with Gasteiger partial charge in [0.15, 0.2) is 34.4 Å². The third-order valence-electron chi connectivity index (χ3n) is 9.14. The molecule has 1 aromatic carbocycles. The number of imidazole rings is 2. The lowest BCUT2D eigenvalue weighted by atomic mass is 10.2. The number of carbonyl (C=O) groups excluding carboxylic acids is 2. The van der Waals surface area contributed by atoms with Crippen molar-refractivity contribution in [2.24, 2.45) is 5.92 Å². The summed E-state index contributed by atoms with van der Waals surface area (Å²) in [7, 11) is -9.42. The molecule has 2 amide bonds. The van der Waals surface area contributed by atoms with Gasteiger partial charge in [0.1, 0.15) is 30.9 Å². The van der Waals surface area contributed by atoms with E-state index in [0.29, 0.717) is 5.56 Å². The fraction of sp³-hybridized carbons (Fsp3) is 0.419. The van der Waals surface area contributed by atoms with Gasteiger partial charge in [-0.3, -0.25) is 42.9 Å². The van der Waals surface area contributed by atoms with E-state index < -0.39 is 91.4 Å². The molecule has 0 spiro atoms. The molecule has 0 radical (unpaired) electrons. The molecule has 56 heavy (non-hydrogen) atoms. The van der Waals surface area contributed by atoms with E-state index in [1.165, 1.54) is 28.1 Å². The summed E-state index contributed by atoms with van der Waals surface area (Å²) in [6.45, 7) is 2.29. The van der Waals surface area contributed by atoms with Crippen molar-refractivity contribution >= 4 is 64.0 Å². The summed E-state index contributed by atoms with van der Waals surface area (Å²) in [6.07, 6.45) is -3.31. The molecule has 3 fully saturated rings. The monoisotopic (exact) mass is 815 g/mol. The third-order valence-corrected chi connectivity index (χ3v) is 11.2. The number of phosphoric acid groups is 1. The van der Waals surface area contributed by atoms with Crippen LogP contribution in [0.4, 0.5) is 11.8 Å². The Hall–Kier alpha value is -5.04. The zero-order valence-electron chi connectivity index (χ0n) is 29.4. The summed E-state index contributed by atoms with van der Waals surface area (Å²) in [6, 6.07) is 8.48. The standard InChI is InChI=1S/C31H34N11O12PS/c1-15(2)27(43)39-31-38-26-23(29(45)40-31)35-14-42(26)30-19-8-17(51-30)11-50-55(46,47)53-18-9-21(52-20(18)10-36-56(48,49)54-19)41-13-34-22-24(32-12-33-25(22)41)37-28(44)16-6-4-3-5-7-16/h3-7,12-15,17-21,30,36H,8-11H2,1-2H3,(H,46,47)(H,32,33,37,44)(H2,38,39,40,43,45)/t17-,18-,19+,20+,21+,30+/m0/s1. The molecule has 8 rings (SSSR count). The molecule has 7 atom stereocenters. The van der Waals surface area contributed by atoms with Gasteiger partial charge in [-0.1, -0.05) is 32.0 Å². The molecule has 0 saturated carbocycles. The quantitative estimate of drug-likeness (QED) is 0.150. The van der Waals surface area contributed by atoms with Crippen molar-refractivity contribution in [2.75, 3.05) is 23.8 Å². The lowest BCUT2D eigenvalue weighted by Gasteiger charge is -2.24. The Labute approximate surface area is 316 Å². The highest BCUT2D eigenvalue weighted by atomic mass is 32.2. The number of amides is 2. The van der Waals surface area contributed by atoms with E-state index in [-0.39, 0.29) is 46.9 Å². The number of anilines is 2. The summed E-state index contributed by atoms with van der Waals surface area (Å²) in [5.41, 5.74) is -0.0279.